The third-order valence-electron chi connectivity index (χ3n) is 3.88. The Bertz CT molecular complexity index is 1210. The highest BCUT2D eigenvalue weighted by molar-refractivity contribution is 7.13. The van der Waals surface area contributed by atoms with Crippen molar-refractivity contribution in [3.05, 3.63) is 42.2 Å². The van der Waals surface area contributed by atoms with E-state index in [1.54, 1.807) is 23.1 Å². The van der Waals surface area contributed by atoms with E-state index >= 15 is 0 Å². The minimum absolute atomic E-state index is 0.120. The van der Waals surface area contributed by atoms with E-state index in [0.717, 1.165) is 0 Å². The van der Waals surface area contributed by atoms with Gasteiger partial charge in [0.25, 0.3) is 0 Å². The second-order valence-corrected chi connectivity index (χ2v) is 6.62. The lowest BCUT2D eigenvalue weighted by molar-refractivity contribution is -0.189. The van der Waals surface area contributed by atoms with E-state index in [1.165, 1.54) is 29.5 Å². The van der Waals surface area contributed by atoms with Gasteiger partial charge < -0.3 is 15.4 Å². The van der Waals surface area contributed by atoms with Crippen LogP contribution in [0.3, 0.4) is 0 Å². The van der Waals surface area contributed by atoms with Gasteiger partial charge in [-0.3, -0.25) is 4.79 Å². The van der Waals surface area contributed by atoms with E-state index < -0.39 is 12.0 Å². The lowest BCUT2D eigenvalue weighted by Crippen LogP contribution is -2.43. The van der Waals surface area contributed by atoms with Crippen molar-refractivity contribution in [2.75, 3.05) is 10.6 Å². The largest absolute Gasteiger partial charge is 0.482 e. The zero-order valence-corrected chi connectivity index (χ0v) is 14.6. The Hall–Kier alpha value is -3.67. The summed E-state index contributed by atoms with van der Waals surface area (Å²) in [6.45, 7) is 0. The van der Waals surface area contributed by atoms with Crippen molar-refractivity contribution < 1.29 is 18.3 Å². The minimum atomic E-state index is -3.90. The number of anilines is 3. The number of rotatable bonds is 3. The molecule has 4 heterocycles. The van der Waals surface area contributed by atoms with Gasteiger partial charge in [0.2, 0.25) is 5.95 Å². The molecule has 1 amide bonds. The quantitative estimate of drug-likeness (QED) is 0.544. The molecule has 9 nitrogen and oxygen atoms in total. The number of carbonyl (C=O) groups is 1. The number of halogens is 2. The maximum Gasteiger partial charge on any atom is 0.482 e. The monoisotopic (exact) mass is 401 g/mol. The van der Waals surface area contributed by atoms with Gasteiger partial charge in [-0.1, -0.05) is 0 Å². The predicted molar refractivity (Wildman–Crippen MR) is 95.8 cm³/mol. The Morgan fingerprint density at radius 2 is 2.14 bits per heavy atom. The third-order valence-corrected chi connectivity index (χ3v) is 4.66. The normalized spacial score (nSPS) is 15.0. The lowest BCUT2D eigenvalue weighted by atomic mass is 10.2. The summed E-state index contributed by atoms with van der Waals surface area (Å²) in [5, 5.41) is 11.9. The maximum atomic E-state index is 13.3. The number of hydrogen-bond donors (Lipinski definition) is 2. The van der Waals surface area contributed by atoms with E-state index in [0.29, 0.717) is 22.0 Å². The highest BCUT2D eigenvalue weighted by Gasteiger charge is 2.46. The fourth-order valence-electron chi connectivity index (χ4n) is 2.66. The fourth-order valence-corrected chi connectivity index (χ4v) is 3.29. The number of nitrogens with one attached hydrogen (secondary N) is 2. The molecular weight excluding hydrogens is 392 g/mol. The van der Waals surface area contributed by atoms with Crippen molar-refractivity contribution in [2.24, 2.45) is 0 Å². The van der Waals surface area contributed by atoms with Gasteiger partial charge in [-0.05, 0) is 18.2 Å². The summed E-state index contributed by atoms with van der Waals surface area (Å²) >= 11 is 1.43. The predicted octanol–water partition coefficient (Wildman–Crippen LogP) is 2.92. The first-order chi connectivity index (χ1) is 13.5. The number of fused-ring (bicyclic) bond motifs is 2. The van der Waals surface area contributed by atoms with Crippen LogP contribution in [-0.4, -0.2) is 36.6 Å². The van der Waals surface area contributed by atoms with Crippen molar-refractivity contribution >= 4 is 40.2 Å². The van der Waals surface area contributed by atoms with Crippen molar-refractivity contribution in [3.8, 4) is 16.5 Å². The molecule has 0 unspecified atom stereocenters. The highest BCUT2D eigenvalue weighted by atomic mass is 32.1. The number of amides is 1. The van der Waals surface area contributed by atoms with E-state index in [2.05, 4.69) is 35.4 Å². The molecule has 2 N–H and O–H groups in total. The van der Waals surface area contributed by atoms with Crippen LogP contribution in [-0.2, 0) is 4.79 Å². The molecule has 0 saturated carbocycles. The molecule has 0 spiro atoms. The second-order valence-electron chi connectivity index (χ2n) is 5.73. The first-order valence-electron chi connectivity index (χ1n) is 7.90. The Kier molecular flexibility index (Phi) is 3.49. The molecule has 0 radical (unpaired) electrons. The van der Waals surface area contributed by atoms with Crippen molar-refractivity contribution in [3.63, 3.8) is 0 Å². The Balaban J connectivity index is 1.47. The number of benzene rings is 1. The second kappa shape index (κ2) is 5.92. The molecule has 140 valence electrons. The summed E-state index contributed by atoms with van der Waals surface area (Å²) in [7, 11) is 0. The number of carbonyl (C=O) groups excluding carboxylic acids is 1. The van der Waals surface area contributed by atoms with E-state index in [-0.39, 0.29) is 17.4 Å². The Labute approximate surface area is 159 Å². The Morgan fingerprint density at radius 1 is 1.25 bits per heavy atom. The zero-order chi connectivity index (χ0) is 19.3. The molecule has 0 aliphatic carbocycles. The van der Waals surface area contributed by atoms with Crippen LogP contribution >= 0.6 is 11.3 Å². The summed E-state index contributed by atoms with van der Waals surface area (Å²) in [4.78, 5) is 24.3. The third kappa shape index (κ3) is 2.70. The lowest BCUT2D eigenvalue weighted by Gasteiger charge is -2.24. The van der Waals surface area contributed by atoms with Crippen LogP contribution in [0.4, 0.5) is 26.1 Å². The fraction of sp³-hybridized carbons (Fsp3) is 0.0625. The average Bonchev–Trinajstić information content (AvgIpc) is 3.31. The number of alkyl halides is 2. The molecule has 5 rings (SSSR count). The minimum Gasteiger partial charge on any atom is -0.423 e. The van der Waals surface area contributed by atoms with Crippen molar-refractivity contribution in [1.82, 2.24) is 24.6 Å². The number of thiazole rings is 1. The average molecular weight is 401 g/mol. The highest BCUT2D eigenvalue weighted by Crippen LogP contribution is 2.37. The van der Waals surface area contributed by atoms with Crippen molar-refractivity contribution in [1.29, 1.82) is 0 Å². The van der Waals surface area contributed by atoms with Gasteiger partial charge in [-0.25, -0.2) is 14.5 Å². The van der Waals surface area contributed by atoms with Crippen LogP contribution in [0, 0.1) is 0 Å². The smallest absolute Gasteiger partial charge is 0.423 e. The molecule has 0 fully saturated rings. The number of nitrogens with zero attached hydrogens (tertiary/aromatic N) is 5. The van der Waals surface area contributed by atoms with Crippen LogP contribution in [0.15, 0.2) is 42.2 Å². The molecular formula is C16H9F2N7O2S. The van der Waals surface area contributed by atoms with E-state index in [4.69, 9.17) is 0 Å². The molecule has 0 atom stereocenters. The van der Waals surface area contributed by atoms with Gasteiger partial charge in [-0.15, -0.1) is 16.4 Å². The van der Waals surface area contributed by atoms with Gasteiger partial charge in [0.15, 0.2) is 11.4 Å². The summed E-state index contributed by atoms with van der Waals surface area (Å²) in [5.41, 5.74) is 1.70. The van der Waals surface area contributed by atoms with Crippen molar-refractivity contribution in [2.45, 2.75) is 6.11 Å². The van der Waals surface area contributed by atoms with Gasteiger partial charge in [0, 0.05) is 29.7 Å². The van der Waals surface area contributed by atoms with Gasteiger partial charge in [0.1, 0.15) is 10.7 Å². The summed E-state index contributed by atoms with van der Waals surface area (Å²) in [5.74, 6) is -1.39. The molecule has 1 aliphatic rings. The SMILES string of the molecule is O=C1Nc2cc(Nc3nc4c(-c5nccs5)nccn4n3)ccc2OC1(F)F. The summed E-state index contributed by atoms with van der Waals surface area (Å²) in [6, 6.07) is 4.29. The van der Waals surface area contributed by atoms with Gasteiger partial charge in [0.05, 0.1) is 5.69 Å². The van der Waals surface area contributed by atoms with Crippen LogP contribution < -0.4 is 15.4 Å². The number of hydrogen-bond acceptors (Lipinski definition) is 8. The molecule has 3 aromatic heterocycles. The number of aromatic nitrogens is 5. The zero-order valence-electron chi connectivity index (χ0n) is 13.8. The molecule has 0 bridgehead atoms. The molecule has 12 heteroatoms. The summed E-state index contributed by atoms with van der Waals surface area (Å²) < 4.78 is 32.6. The standard InChI is InChI=1S/C16H9F2N7O2S/c17-16(18)14(26)22-9-7-8(1-2-10(9)27-16)21-15-23-12-11(13-20-4-6-28-13)19-3-5-25(12)24-15/h1-7H,(H,21,24)(H,22,26). The molecule has 4 aromatic rings. The van der Waals surface area contributed by atoms with Crippen LogP contribution in [0.5, 0.6) is 5.75 Å². The number of ether oxygens (including phenoxy) is 1. The first-order valence-corrected chi connectivity index (χ1v) is 8.78. The van der Waals surface area contributed by atoms with Crippen LogP contribution in [0.2, 0.25) is 0 Å². The Morgan fingerprint density at radius 3 is 2.96 bits per heavy atom. The first kappa shape index (κ1) is 16.5. The van der Waals surface area contributed by atoms with Crippen LogP contribution in [0.1, 0.15) is 0 Å². The van der Waals surface area contributed by atoms with E-state index in [9.17, 15) is 13.6 Å². The van der Waals surface area contributed by atoms with Gasteiger partial charge >= 0.3 is 12.0 Å². The summed E-state index contributed by atoms with van der Waals surface area (Å²) in [6.07, 6.45) is 1.01. The van der Waals surface area contributed by atoms with Gasteiger partial charge in [-0.2, -0.15) is 13.8 Å². The molecule has 1 aromatic carbocycles. The maximum absolute atomic E-state index is 13.3. The molecule has 28 heavy (non-hydrogen) atoms. The molecule has 1 aliphatic heterocycles. The van der Waals surface area contributed by atoms with E-state index in [1.807, 2.05) is 5.38 Å². The molecule has 0 saturated heterocycles. The van der Waals surface area contributed by atoms with Crippen LogP contribution in [0.25, 0.3) is 16.3 Å². The topological polar surface area (TPSA) is 106 Å².